The van der Waals surface area contributed by atoms with Crippen LogP contribution in [0.3, 0.4) is 0 Å². The average Bonchev–Trinajstić information content (AvgIpc) is 3.35. The lowest BCUT2D eigenvalue weighted by atomic mass is 9.99. The lowest BCUT2D eigenvalue weighted by Gasteiger charge is -2.16. The minimum atomic E-state index is -0.379. The molecular weight excluding hydrogens is 425 g/mol. The van der Waals surface area contributed by atoms with Crippen molar-refractivity contribution >= 4 is 11.7 Å². The minimum absolute atomic E-state index is 0.0563. The van der Waals surface area contributed by atoms with Crippen LogP contribution in [0.15, 0.2) is 36.7 Å². The molecule has 0 spiro atoms. The monoisotopic (exact) mass is 447 g/mol. The number of nitrogens with zero attached hydrogens (tertiary/aromatic N) is 6. The van der Waals surface area contributed by atoms with Gasteiger partial charge in [-0.05, 0) is 31.2 Å². The zero-order valence-corrected chi connectivity index (χ0v) is 18.5. The number of carbonyl (C=O) groups excluding carboxylic acids is 1. The van der Waals surface area contributed by atoms with E-state index in [2.05, 4.69) is 25.6 Å². The third kappa shape index (κ3) is 3.84. The van der Waals surface area contributed by atoms with E-state index in [1.165, 1.54) is 23.9 Å². The molecule has 9 nitrogen and oxygen atoms in total. The van der Waals surface area contributed by atoms with E-state index in [-0.39, 0.29) is 18.3 Å². The van der Waals surface area contributed by atoms with Crippen molar-refractivity contribution in [3.05, 3.63) is 59.3 Å². The molecule has 2 bridgehead atoms. The predicted octanol–water partition coefficient (Wildman–Crippen LogP) is 3.34. The van der Waals surface area contributed by atoms with Gasteiger partial charge in [0.15, 0.2) is 11.6 Å². The SMILES string of the molecule is CCn1ncc2c1-c1cnc(NC(C)=O)c(c1)OCc1cc(F)ccc1-c1nn(C)nc1C2. The Bertz CT molecular complexity index is 1380. The Balaban J connectivity index is 1.75. The van der Waals surface area contributed by atoms with Gasteiger partial charge in [-0.25, -0.2) is 9.37 Å². The van der Waals surface area contributed by atoms with Crippen LogP contribution in [-0.2, 0) is 31.4 Å². The number of halogens is 1. The van der Waals surface area contributed by atoms with Crippen LogP contribution in [0.2, 0.25) is 0 Å². The molecule has 10 heteroatoms. The van der Waals surface area contributed by atoms with Gasteiger partial charge in [0.25, 0.3) is 0 Å². The molecule has 1 amide bonds. The normalized spacial score (nSPS) is 12.5. The molecule has 0 aliphatic carbocycles. The highest BCUT2D eigenvalue weighted by atomic mass is 19.1. The van der Waals surface area contributed by atoms with Gasteiger partial charge in [-0.3, -0.25) is 9.48 Å². The van der Waals surface area contributed by atoms with Crippen LogP contribution in [0, 0.1) is 5.82 Å². The van der Waals surface area contributed by atoms with Gasteiger partial charge in [-0.2, -0.15) is 20.1 Å². The van der Waals surface area contributed by atoms with Crippen molar-refractivity contribution in [2.75, 3.05) is 5.32 Å². The van der Waals surface area contributed by atoms with E-state index in [0.29, 0.717) is 35.8 Å². The number of amides is 1. The van der Waals surface area contributed by atoms with Crippen LogP contribution in [0.25, 0.3) is 22.5 Å². The van der Waals surface area contributed by atoms with Gasteiger partial charge in [0, 0.05) is 55.4 Å². The summed E-state index contributed by atoms with van der Waals surface area (Å²) in [6, 6.07) is 6.33. The molecule has 0 saturated heterocycles. The van der Waals surface area contributed by atoms with Gasteiger partial charge in [-0.1, -0.05) is 0 Å². The molecule has 1 aromatic carbocycles. The van der Waals surface area contributed by atoms with E-state index in [0.717, 1.165) is 28.1 Å². The zero-order chi connectivity index (χ0) is 23.1. The molecule has 0 atom stereocenters. The number of hydrogen-bond acceptors (Lipinski definition) is 6. The number of carbonyl (C=O) groups is 1. The number of nitrogens with one attached hydrogen (secondary N) is 1. The van der Waals surface area contributed by atoms with Crippen LogP contribution in [0.1, 0.15) is 30.7 Å². The number of ether oxygens (including phenoxy) is 1. The van der Waals surface area contributed by atoms with Crippen molar-refractivity contribution < 1.29 is 13.9 Å². The van der Waals surface area contributed by atoms with E-state index < -0.39 is 0 Å². The molecule has 168 valence electrons. The summed E-state index contributed by atoms with van der Waals surface area (Å²) in [4.78, 5) is 17.7. The van der Waals surface area contributed by atoms with Crippen LogP contribution >= 0.6 is 0 Å². The molecule has 0 saturated carbocycles. The second-order valence-corrected chi connectivity index (χ2v) is 7.84. The van der Waals surface area contributed by atoms with Gasteiger partial charge >= 0.3 is 0 Å². The minimum Gasteiger partial charge on any atom is -0.485 e. The number of hydrogen-bond donors (Lipinski definition) is 1. The van der Waals surface area contributed by atoms with Gasteiger partial charge in [0.1, 0.15) is 18.1 Å². The van der Waals surface area contributed by atoms with E-state index in [9.17, 15) is 9.18 Å². The summed E-state index contributed by atoms with van der Waals surface area (Å²) in [6.07, 6.45) is 3.98. The second-order valence-electron chi connectivity index (χ2n) is 7.84. The fourth-order valence-corrected chi connectivity index (χ4v) is 4.10. The molecule has 1 aliphatic heterocycles. The molecule has 1 N–H and O–H groups in total. The van der Waals surface area contributed by atoms with E-state index in [4.69, 9.17) is 4.74 Å². The van der Waals surface area contributed by atoms with Gasteiger partial charge in [0.05, 0.1) is 17.6 Å². The number of benzene rings is 1. The number of fused-ring (bicyclic) bond motifs is 7. The lowest BCUT2D eigenvalue weighted by molar-refractivity contribution is -0.114. The third-order valence-corrected chi connectivity index (χ3v) is 5.48. The van der Waals surface area contributed by atoms with Crippen molar-refractivity contribution in [1.82, 2.24) is 29.8 Å². The molecule has 33 heavy (non-hydrogen) atoms. The molecule has 0 fully saturated rings. The maximum absolute atomic E-state index is 14.2. The molecule has 0 radical (unpaired) electrons. The van der Waals surface area contributed by atoms with Crippen molar-refractivity contribution in [2.45, 2.75) is 33.4 Å². The number of rotatable bonds is 2. The molecular formula is C23H22FN7O2. The van der Waals surface area contributed by atoms with Crippen LogP contribution in [0.5, 0.6) is 5.75 Å². The van der Waals surface area contributed by atoms with Gasteiger partial charge < -0.3 is 10.1 Å². The van der Waals surface area contributed by atoms with Crippen LogP contribution in [0.4, 0.5) is 10.2 Å². The Labute approximate surface area is 189 Å². The number of aromatic nitrogens is 6. The highest BCUT2D eigenvalue weighted by Gasteiger charge is 2.23. The second kappa shape index (κ2) is 8.12. The van der Waals surface area contributed by atoms with Crippen LogP contribution < -0.4 is 10.1 Å². The Kier molecular flexibility index (Phi) is 5.12. The van der Waals surface area contributed by atoms with E-state index in [1.807, 2.05) is 23.9 Å². The Morgan fingerprint density at radius 3 is 2.85 bits per heavy atom. The first-order valence-electron chi connectivity index (χ1n) is 10.6. The molecule has 1 aliphatic rings. The summed E-state index contributed by atoms with van der Waals surface area (Å²) < 4.78 is 22.1. The Morgan fingerprint density at radius 2 is 2.06 bits per heavy atom. The quantitative estimate of drug-likeness (QED) is 0.506. The zero-order valence-electron chi connectivity index (χ0n) is 18.5. The first-order chi connectivity index (χ1) is 15.9. The predicted molar refractivity (Wildman–Crippen MR) is 119 cm³/mol. The smallest absolute Gasteiger partial charge is 0.222 e. The molecule has 0 unspecified atom stereocenters. The summed E-state index contributed by atoms with van der Waals surface area (Å²) in [5.74, 6) is 0.0322. The first-order valence-corrected chi connectivity index (χ1v) is 10.6. The fraction of sp³-hybridized carbons (Fsp3) is 0.261. The summed E-state index contributed by atoms with van der Waals surface area (Å²) in [5.41, 5.74) is 5.39. The van der Waals surface area contributed by atoms with E-state index >= 15 is 0 Å². The van der Waals surface area contributed by atoms with E-state index in [1.54, 1.807) is 19.3 Å². The van der Waals surface area contributed by atoms with Crippen molar-refractivity contribution in [2.24, 2.45) is 7.05 Å². The summed E-state index contributed by atoms with van der Waals surface area (Å²) in [7, 11) is 1.76. The van der Waals surface area contributed by atoms with Crippen LogP contribution in [-0.4, -0.2) is 35.7 Å². The number of aryl methyl sites for hydroxylation is 2. The molecule has 3 aromatic heterocycles. The maximum atomic E-state index is 14.2. The highest BCUT2D eigenvalue weighted by Crippen LogP contribution is 2.35. The molecule has 4 aromatic rings. The fourth-order valence-electron chi connectivity index (χ4n) is 4.10. The van der Waals surface area contributed by atoms with Gasteiger partial charge in [0.2, 0.25) is 5.91 Å². The van der Waals surface area contributed by atoms with Crippen molar-refractivity contribution in [1.29, 1.82) is 0 Å². The topological polar surface area (TPSA) is 99.8 Å². The number of anilines is 1. The summed E-state index contributed by atoms with van der Waals surface area (Å²) in [5, 5.41) is 16.4. The highest BCUT2D eigenvalue weighted by molar-refractivity contribution is 5.89. The lowest BCUT2D eigenvalue weighted by Crippen LogP contribution is -2.11. The standard InChI is InChI=1S/C23H22FN7O2/c1-4-31-22-14(11-26-31)8-19-21(29-30(3)28-19)18-6-5-17(24)7-16(18)12-33-20-9-15(22)10-25-23(20)27-13(2)32/h5-7,9-11H,4,8,12H2,1-3H3,(H,25,27,32). The molecule has 5 rings (SSSR count). The Hall–Kier alpha value is -4.08. The average molecular weight is 447 g/mol. The Morgan fingerprint density at radius 1 is 1.21 bits per heavy atom. The van der Waals surface area contributed by atoms with Crippen molar-refractivity contribution in [3.63, 3.8) is 0 Å². The summed E-state index contributed by atoms with van der Waals surface area (Å²) in [6.45, 7) is 4.13. The maximum Gasteiger partial charge on any atom is 0.222 e. The largest absolute Gasteiger partial charge is 0.485 e. The summed E-state index contributed by atoms with van der Waals surface area (Å²) >= 11 is 0. The first kappa shape index (κ1) is 20.8. The number of pyridine rings is 1. The van der Waals surface area contributed by atoms with Gasteiger partial charge in [-0.15, -0.1) is 0 Å². The third-order valence-electron chi connectivity index (χ3n) is 5.48. The molecule has 4 heterocycles. The van der Waals surface area contributed by atoms with Crippen molar-refractivity contribution in [3.8, 4) is 28.3 Å².